The maximum Gasteiger partial charge on any atom is 0.387 e. The van der Waals surface area contributed by atoms with E-state index in [1.807, 2.05) is 20.8 Å². The fraction of sp³-hybridized carbons (Fsp3) is 0.500. The first-order chi connectivity index (χ1) is 9.26. The van der Waals surface area contributed by atoms with Gasteiger partial charge in [-0.25, -0.2) is 0 Å². The van der Waals surface area contributed by atoms with Gasteiger partial charge >= 0.3 is 6.61 Å². The molecule has 0 spiro atoms. The van der Waals surface area contributed by atoms with Crippen LogP contribution in [0.1, 0.15) is 27.2 Å². The molecule has 1 amide bonds. The van der Waals surface area contributed by atoms with E-state index in [0.717, 1.165) is 0 Å². The molecule has 1 aromatic carbocycles. The zero-order valence-electron chi connectivity index (χ0n) is 11.9. The van der Waals surface area contributed by atoms with Gasteiger partial charge in [-0.3, -0.25) is 4.79 Å². The van der Waals surface area contributed by atoms with Gasteiger partial charge in [0.15, 0.2) is 0 Å². The number of halogens is 2. The number of carbonyl (C=O) groups excluding carboxylic acids is 1. The van der Waals surface area contributed by atoms with Gasteiger partial charge in [-0.05, 0) is 32.9 Å². The lowest BCUT2D eigenvalue weighted by atomic mass is 10.1. The Balaban J connectivity index is 2.45. The second-order valence-electron chi connectivity index (χ2n) is 5.38. The fourth-order valence-electron chi connectivity index (χ4n) is 1.52. The highest BCUT2D eigenvalue weighted by molar-refractivity contribution is 5.91. The van der Waals surface area contributed by atoms with Crippen LogP contribution in [0.3, 0.4) is 0 Å². The molecular weight excluding hydrogens is 266 g/mol. The predicted octanol–water partition coefficient (Wildman–Crippen LogP) is 3.00. The van der Waals surface area contributed by atoms with E-state index in [1.54, 1.807) is 12.1 Å². The van der Waals surface area contributed by atoms with E-state index in [-0.39, 0.29) is 17.2 Å². The summed E-state index contributed by atoms with van der Waals surface area (Å²) in [6.45, 7) is 3.70. The van der Waals surface area contributed by atoms with Gasteiger partial charge in [0, 0.05) is 30.3 Å². The Kier molecular flexibility index (Phi) is 5.88. The highest BCUT2D eigenvalue weighted by atomic mass is 19.3. The van der Waals surface area contributed by atoms with E-state index in [1.165, 1.54) is 12.1 Å². The normalized spacial score (nSPS) is 11.5. The van der Waals surface area contributed by atoms with Crippen LogP contribution in [0.5, 0.6) is 5.75 Å². The summed E-state index contributed by atoms with van der Waals surface area (Å²) in [5.41, 5.74) is 0.384. The number of rotatable bonds is 6. The Morgan fingerprint density at radius 1 is 1.35 bits per heavy atom. The van der Waals surface area contributed by atoms with Gasteiger partial charge in [0.2, 0.25) is 5.91 Å². The third-order valence-corrected chi connectivity index (χ3v) is 2.35. The van der Waals surface area contributed by atoms with Gasteiger partial charge in [-0.15, -0.1) is 0 Å². The van der Waals surface area contributed by atoms with Crippen molar-refractivity contribution in [3.05, 3.63) is 24.3 Å². The number of hydrogen-bond donors (Lipinski definition) is 2. The van der Waals surface area contributed by atoms with Gasteiger partial charge in [-0.1, -0.05) is 6.07 Å². The Labute approximate surface area is 117 Å². The van der Waals surface area contributed by atoms with Gasteiger partial charge < -0.3 is 15.4 Å². The lowest BCUT2D eigenvalue weighted by Gasteiger charge is -2.20. The van der Waals surface area contributed by atoms with E-state index in [4.69, 9.17) is 0 Å². The van der Waals surface area contributed by atoms with Crippen molar-refractivity contribution in [2.75, 3.05) is 11.9 Å². The summed E-state index contributed by atoms with van der Waals surface area (Å²) in [4.78, 5) is 11.7. The Morgan fingerprint density at radius 3 is 2.65 bits per heavy atom. The van der Waals surface area contributed by atoms with Crippen molar-refractivity contribution in [2.24, 2.45) is 0 Å². The van der Waals surface area contributed by atoms with Crippen LogP contribution in [0, 0.1) is 0 Å². The molecule has 0 saturated heterocycles. The first kappa shape index (κ1) is 16.4. The van der Waals surface area contributed by atoms with Gasteiger partial charge in [0.1, 0.15) is 5.75 Å². The standard InChI is InChI=1S/C14H20F2N2O2/c1-14(2,3)17-8-7-12(19)18-10-5-4-6-11(9-10)20-13(15)16/h4-6,9,13,17H,7-8H2,1-3H3,(H,18,19). The quantitative estimate of drug-likeness (QED) is 0.845. The summed E-state index contributed by atoms with van der Waals surface area (Å²) < 4.78 is 28.4. The van der Waals surface area contributed by atoms with Crippen molar-refractivity contribution in [3.63, 3.8) is 0 Å². The van der Waals surface area contributed by atoms with Crippen molar-refractivity contribution < 1.29 is 18.3 Å². The van der Waals surface area contributed by atoms with Gasteiger partial charge in [-0.2, -0.15) is 8.78 Å². The molecule has 0 atom stereocenters. The van der Waals surface area contributed by atoms with E-state index >= 15 is 0 Å². The van der Waals surface area contributed by atoms with Crippen LogP contribution < -0.4 is 15.4 Å². The molecule has 1 aromatic rings. The predicted molar refractivity (Wildman–Crippen MR) is 74.1 cm³/mol. The molecule has 4 nitrogen and oxygen atoms in total. The SMILES string of the molecule is CC(C)(C)NCCC(=O)Nc1cccc(OC(F)F)c1. The minimum absolute atomic E-state index is 0.0191. The molecule has 0 fully saturated rings. The smallest absolute Gasteiger partial charge is 0.387 e. The number of nitrogens with one attached hydrogen (secondary N) is 2. The molecule has 0 aliphatic rings. The second kappa shape index (κ2) is 7.19. The number of amides is 1. The molecular formula is C14H20F2N2O2. The third-order valence-electron chi connectivity index (χ3n) is 2.35. The molecule has 6 heteroatoms. The number of ether oxygens (including phenoxy) is 1. The molecule has 0 saturated carbocycles. The summed E-state index contributed by atoms with van der Waals surface area (Å²) in [7, 11) is 0. The van der Waals surface area contributed by atoms with Crippen LogP contribution in [0.25, 0.3) is 0 Å². The van der Waals surface area contributed by atoms with Crippen molar-refractivity contribution in [3.8, 4) is 5.75 Å². The van der Waals surface area contributed by atoms with Crippen LogP contribution in [-0.4, -0.2) is 24.6 Å². The number of carbonyl (C=O) groups is 1. The van der Waals surface area contributed by atoms with Crippen LogP contribution in [0.4, 0.5) is 14.5 Å². The summed E-state index contributed by atoms with van der Waals surface area (Å²) >= 11 is 0. The van der Waals surface area contributed by atoms with Crippen LogP contribution in [-0.2, 0) is 4.79 Å². The maximum absolute atomic E-state index is 12.1. The first-order valence-corrected chi connectivity index (χ1v) is 6.36. The zero-order chi connectivity index (χ0) is 15.2. The topological polar surface area (TPSA) is 50.4 Å². The minimum atomic E-state index is -2.88. The summed E-state index contributed by atoms with van der Waals surface area (Å²) in [5.74, 6) is -0.165. The highest BCUT2D eigenvalue weighted by Crippen LogP contribution is 2.19. The van der Waals surface area contributed by atoms with E-state index in [0.29, 0.717) is 18.7 Å². The first-order valence-electron chi connectivity index (χ1n) is 6.36. The Bertz CT molecular complexity index is 445. The lowest BCUT2D eigenvalue weighted by Crippen LogP contribution is -2.37. The maximum atomic E-state index is 12.1. The van der Waals surface area contributed by atoms with Crippen molar-refractivity contribution in [1.29, 1.82) is 0 Å². The molecule has 0 aliphatic heterocycles. The van der Waals surface area contributed by atoms with E-state index < -0.39 is 6.61 Å². The monoisotopic (exact) mass is 286 g/mol. The second-order valence-corrected chi connectivity index (χ2v) is 5.38. The average Bonchev–Trinajstić information content (AvgIpc) is 2.26. The lowest BCUT2D eigenvalue weighted by molar-refractivity contribution is -0.116. The molecule has 1 rings (SSSR count). The summed E-state index contributed by atoms with van der Waals surface area (Å²) in [6.07, 6.45) is 0.303. The molecule has 20 heavy (non-hydrogen) atoms. The van der Waals surface area contributed by atoms with E-state index in [9.17, 15) is 13.6 Å². The molecule has 0 aromatic heterocycles. The summed E-state index contributed by atoms with van der Waals surface area (Å²) in [5, 5.41) is 5.83. The third kappa shape index (κ3) is 7.04. The van der Waals surface area contributed by atoms with Crippen molar-refractivity contribution >= 4 is 11.6 Å². The molecule has 112 valence electrons. The van der Waals surface area contributed by atoms with E-state index in [2.05, 4.69) is 15.4 Å². The number of alkyl halides is 2. The number of hydrogen-bond acceptors (Lipinski definition) is 3. The minimum Gasteiger partial charge on any atom is -0.435 e. The van der Waals surface area contributed by atoms with Crippen LogP contribution in [0.15, 0.2) is 24.3 Å². The van der Waals surface area contributed by atoms with Gasteiger partial charge in [0.25, 0.3) is 0 Å². The summed E-state index contributed by atoms with van der Waals surface area (Å²) in [6, 6.07) is 5.93. The molecule has 0 heterocycles. The fourth-order valence-corrected chi connectivity index (χ4v) is 1.52. The highest BCUT2D eigenvalue weighted by Gasteiger charge is 2.10. The molecule has 0 unspecified atom stereocenters. The van der Waals surface area contributed by atoms with Gasteiger partial charge in [0.05, 0.1) is 0 Å². The molecule has 0 aliphatic carbocycles. The largest absolute Gasteiger partial charge is 0.435 e. The number of anilines is 1. The Morgan fingerprint density at radius 2 is 2.05 bits per heavy atom. The number of benzene rings is 1. The van der Waals surface area contributed by atoms with Crippen LogP contribution >= 0.6 is 0 Å². The zero-order valence-corrected chi connectivity index (χ0v) is 11.9. The van der Waals surface area contributed by atoms with Crippen LogP contribution in [0.2, 0.25) is 0 Å². The van der Waals surface area contributed by atoms with Crippen molar-refractivity contribution in [1.82, 2.24) is 5.32 Å². The Hall–Kier alpha value is -1.69. The molecule has 0 bridgehead atoms. The molecule has 2 N–H and O–H groups in total. The van der Waals surface area contributed by atoms with Crippen molar-refractivity contribution in [2.45, 2.75) is 39.3 Å². The molecule has 0 radical (unpaired) electrons. The average molecular weight is 286 g/mol.